The van der Waals surface area contributed by atoms with E-state index in [1.165, 1.54) is 16.7 Å². The fraction of sp³-hybridized carbons (Fsp3) is 0.333. The molecule has 0 amide bonds. The summed E-state index contributed by atoms with van der Waals surface area (Å²) < 4.78 is 5.45. The van der Waals surface area contributed by atoms with Crippen molar-refractivity contribution < 1.29 is 4.52 Å². The molecule has 4 nitrogen and oxygen atoms in total. The van der Waals surface area contributed by atoms with Gasteiger partial charge in [-0.2, -0.15) is 4.98 Å². The van der Waals surface area contributed by atoms with E-state index in [9.17, 15) is 0 Å². The van der Waals surface area contributed by atoms with Crippen LogP contribution in [0.1, 0.15) is 54.1 Å². The summed E-state index contributed by atoms with van der Waals surface area (Å²) in [4.78, 5) is 6.94. The fourth-order valence-corrected chi connectivity index (χ4v) is 3.53. The number of fused-ring (bicyclic) bond motifs is 1. The van der Waals surface area contributed by atoms with E-state index in [1.807, 2.05) is 0 Å². The minimum atomic E-state index is 0.289. The first-order chi connectivity index (χ1) is 12.2. The number of benzene rings is 2. The van der Waals surface area contributed by atoms with Crippen LogP contribution in [0.2, 0.25) is 0 Å². The molecule has 0 bridgehead atoms. The fourth-order valence-electron chi connectivity index (χ4n) is 3.53. The molecule has 0 saturated heterocycles. The van der Waals surface area contributed by atoms with Crippen molar-refractivity contribution in [2.45, 2.75) is 38.8 Å². The first-order valence-electron chi connectivity index (χ1n) is 8.88. The lowest BCUT2D eigenvalue weighted by atomic mass is 9.85. The van der Waals surface area contributed by atoms with Crippen molar-refractivity contribution in [1.29, 1.82) is 0 Å². The molecule has 4 rings (SSSR count). The zero-order chi connectivity index (χ0) is 17.2. The number of hydrogen-bond donors (Lipinski definition) is 0. The second kappa shape index (κ2) is 6.81. The summed E-state index contributed by atoms with van der Waals surface area (Å²) in [6, 6.07) is 19.5. The Morgan fingerprint density at radius 3 is 2.60 bits per heavy atom. The third kappa shape index (κ3) is 3.35. The van der Waals surface area contributed by atoms with Gasteiger partial charge in [-0.05, 0) is 16.7 Å². The van der Waals surface area contributed by atoms with E-state index in [0.29, 0.717) is 18.4 Å². The van der Waals surface area contributed by atoms with Crippen molar-refractivity contribution in [2.75, 3.05) is 6.54 Å². The van der Waals surface area contributed by atoms with Gasteiger partial charge in [-0.1, -0.05) is 73.6 Å². The molecule has 4 heteroatoms. The van der Waals surface area contributed by atoms with Gasteiger partial charge in [0.1, 0.15) is 0 Å². The Morgan fingerprint density at radius 1 is 1.08 bits per heavy atom. The Morgan fingerprint density at radius 2 is 1.84 bits per heavy atom. The van der Waals surface area contributed by atoms with Crippen LogP contribution in [0, 0.1) is 0 Å². The molecule has 2 aromatic carbocycles. The van der Waals surface area contributed by atoms with Crippen molar-refractivity contribution in [3.05, 3.63) is 83.0 Å². The van der Waals surface area contributed by atoms with Gasteiger partial charge >= 0.3 is 0 Å². The van der Waals surface area contributed by atoms with Gasteiger partial charge in [0.05, 0.1) is 6.54 Å². The van der Waals surface area contributed by atoms with E-state index < -0.39 is 0 Å². The van der Waals surface area contributed by atoms with Crippen molar-refractivity contribution in [3.8, 4) is 0 Å². The highest BCUT2D eigenvalue weighted by Gasteiger charge is 2.27. The lowest BCUT2D eigenvalue weighted by molar-refractivity contribution is 0.200. The molecule has 1 aliphatic rings. The minimum Gasteiger partial charge on any atom is -0.338 e. The molecule has 0 N–H and O–H groups in total. The normalized spacial score (nSPS) is 17.6. The maximum atomic E-state index is 5.45. The predicted molar refractivity (Wildman–Crippen MR) is 97.2 cm³/mol. The van der Waals surface area contributed by atoms with Crippen molar-refractivity contribution in [3.63, 3.8) is 0 Å². The molecular formula is C21H23N3O. The zero-order valence-corrected chi connectivity index (χ0v) is 14.7. The first kappa shape index (κ1) is 16.0. The smallest absolute Gasteiger partial charge is 0.240 e. The number of rotatable bonds is 4. The highest BCUT2D eigenvalue weighted by atomic mass is 16.5. The third-order valence-corrected chi connectivity index (χ3v) is 4.83. The summed E-state index contributed by atoms with van der Waals surface area (Å²) in [5, 5.41) is 4.09. The summed E-state index contributed by atoms with van der Waals surface area (Å²) in [6.07, 6.45) is 0. The molecule has 0 unspecified atom stereocenters. The van der Waals surface area contributed by atoms with Crippen LogP contribution >= 0.6 is 0 Å². The highest BCUT2D eigenvalue weighted by Crippen LogP contribution is 2.33. The van der Waals surface area contributed by atoms with E-state index in [-0.39, 0.29) is 5.92 Å². The molecular weight excluding hydrogens is 310 g/mol. The van der Waals surface area contributed by atoms with Crippen molar-refractivity contribution >= 4 is 0 Å². The Kier molecular flexibility index (Phi) is 4.36. The Balaban J connectivity index is 1.61. The van der Waals surface area contributed by atoms with Crippen LogP contribution in [0.5, 0.6) is 0 Å². The van der Waals surface area contributed by atoms with Crippen molar-refractivity contribution in [1.82, 2.24) is 15.0 Å². The molecule has 1 aromatic heterocycles. The lowest BCUT2D eigenvalue weighted by Gasteiger charge is -2.34. The third-order valence-electron chi connectivity index (χ3n) is 4.83. The maximum absolute atomic E-state index is 5.45. The Hall–Kier alpha value is -2.46. The van der Waals surface area contributed by atoms with Crippen LogP contribution in [0.3, 0.4) is 0 Å². The molecule has 1 aliphatic heterocycles. The van der Waals surface area contributed by atoms with Crippen LogP contribution in [-0.4, -0.2) is 21.6 Å². The van der Waals surface area contributed by atoms with Gasteiger partial charge in [-0.25, -0.2) is 0 Å². The van der Waals surface area contributed by atoms with E-state index in [1.54, 1.807) is 0 Å². The molecule has 0 aliphatic carbocycles. The molecule has 3 aromatic rings. The average Bonchev–Trinajstić information content (AvgIpc) is 3.10. The van der Waals surface area contributed by atoms with Gasteiger partial charge in [0.2, 0.25) is 5.89 Å². The SMILES string of the molecule is CC(C)c1noc(CN2Cc3ccccc3[C@@H](c3ccccc3)C2)n1. The number of hydrogen-bond acceptors (Lipinski definition) is 4. The Bertz CT molecular complexity index is 841. The number of nitrogens with zero attached hydrogens (tertiary/aromatic N) is 3. The molecule has 25 heavy (non-hydrogen) atoms. The summed E-state index contributed by atoms with van der Waals surface area (Å²) in [7, 11) is 0. The second-order valence-electron chi connectivity index (χ2n) is 7.03. The van der Waals surface area contributed by atoms with Gasteiger partial charge in [-0.15, -0.1) is 0 Å². The van der Waals surface area contributed by atoms with Crippen LogP contribution in [0.4, 0.5) is 0 Å². The van der Waals surface area contributed by atoms with Gasteiger partial charge < -0.3 is 4.52 Å². The van der Waals surface area contributed by atoms with Crippen LogP contribution in [-0.2, 0) is 13.1 Å². The van der Waals surface area contributed by atoms with E-state index in [4.69, 9.17) is 4.52 Å². The quantitative estimate of drug-likeness (QED) is 0.712. The molecule has 0 fully saturated rings. The van der Waals surface area contributed by atoms with E-state index >= 15 is 0 Å². The molecule has 128 valence electrons. The molecule has 0 radical (unpaired) electrons. The van der Waals surface area contributed by atoms with Crippen molar-refractivity contribution in [2.24, 2.45) is 0 Å². The van der Waals surface area contributed by atoms with Crippen LogP contribution in [0.15, 0.2) is 59.1 Å². The topological polar surface area (TPSA) is 42.2 Å². The standard InChI is InChI=1S/C21H23N3O/c1-15(2)21-22-20(25-23-21)14-24-12-17-10-6-7-11-18(17)19(13-24)16-8-4-3-5-9-16/h3-11,15,19H,12-14H2,1-2H3/t19-/m1/s1. The predicted octanol–water partition coefficient (Wildman–Crippen LogP) is 4.34. The van der Waals surface area contributed by atoms with Crippen LogP contribution < -0.4 is 0 Å². The molecule has 0 spiro atoms. The first-order valence-corrected chi connectivity index (χ1v) is 8.88. The van der Waals surface area contributed by atoms with E-state index in [2.05, 4.69) is 83.5 Å². The summed E-state index contributed by atoms with van der Waals surface area (Å²) in [5.41, 5.74) is 4.16. The maximum Gasteiger partial charge on any atom is 0.240 e. The van der Waals surface area contributed by atoms with E-state index in [0.717, 1.165) is 18.9 Å². The van der Waals surface area contributed by atoms with Gasteiger partial charge in [0, 0.05) is 24.9 Å². The monoisotopic (exact) mass is 333 g/mol. The summed E-state index contributed by atoms with van der Waals surface area (Å²) in [6.45, 7) is 6.73. The zero-order valence-electron chi connectivity index (χ0n) is 14.7. The van der Waals surface area contributed by atoms with Crippen LogP contribution in [0.25, 0.3) is 0 Å². The number of aromatic nitrogens is 2. The molecule has 2 heterocycles. The molecule has 1 atom stereocenters. The summed E-state index contributed by atoms with van der Waals surface area (Å²) >= 11 is 0. The lowest BCUT2D eigenvalue weighted by Crippen LogP contribution is -2.33. The molecule has 0 saturated carbocycles. The largest absolute Gasteiger partial charge is 0.338 e. The Labute approximate surface area is 148 Å². The van der Waals surface area contributed by atoms with Gasteiger partial charge in [0.15, 0.2) is 5.82 Å². The average molecular weight is 333 g/mol. The summed E-state index contributed by atoms with van der Waals surface area (Å²) in [5.74, 6) is 2.15. The van der Waals surface area contributed by atoms with Gasteiger partial charge in [0.25, 0.3) is 0 Å². The minimum absolute atomic E-state index is 0.289. The second-order valence-corrected chi connectivity index (χ2v) is 7.03. The highest BCUT2D eigenvalue weighted by molar-refractivity contribution is 5.40. The van der Waals surface area contributed by atoms with Gasteiger partial charge in [-0.3, -0.25) is 4.90 Å².